The van der Waals surface area contributed by atoms with Crippen molar-refractivity contribution >= 4 is 28.9 Å². The third-order valence-corrected chi connectivity index (χ3v) is 8.44. The first-order chi connectivity index (χ1) is 21.5. The van der Waals surface area contributed by atoms with Crippen LogP contribution in [0, 0.1) is 0 Å². The maximum atomic E-state index is 13.6. The molecule has 0 unspecified atom stereocenters. The second-order valence-electron chi connectivity index (χ2n) is 11.3. The van der Waals surface area contributed by atoms with Gasteiger partial charge in [-0.1, -0.05) is 57.9 Å². The zero-order valence-corrected chi connectivity index (χ0v) is 26.9. The van der Waals surface area contributed by atoms with Crippen LogP contribution in [-0.2, 0) is 6.42 Å². The zero-order chi connectivity index (χ0) is 31.3. The molecule has 44 heavy (non-hydrogen) atoms. The average Bonchev–Trinajstić information content (AvgIpc) is 3.07. The van der Waals surface area contributed by atoms with Crippen molar-refractivity contribution in [2.75, 3.05) is 74.6 Å². The van der Waals surface area contributed by atoms with E-state index >= 15 is 0 Å². The minimum absolute atomic E-state index is 0.133. The Labute approximate surface area is 263 Å². The summed E-state index contributed by atoms with van der Waals surface area (Å²) in [6.07, 6.45) is 4.58. The van der Waals surface area contributed by atoms with E-state index in [1.54, 1.807) is 7.11 Å². The molecular weight excluding hydrogens is 550 g/mol. The van der Waals surface area contributed by atoms with Gasteiger partial charge in [-0.05, 0) is 74.0 Å². The molecule has 236 valence electrons. The van der Waals surface area contributed by atoms with Crippen LogP contribution in [0.3, 0.4) is 0 Å². The summed E-state index contributed by atoms with van der Waals surface area (Å²) in [4.78, 5) is 33.6. The number of para-hydroxylation sites is 2. The Morgan fingerprint density at radius 2 is 1.50 bits per heavy atom. The lowest BCUT2D eigenvalue weighted by Crippen LogP contribution is -2.47. The minimum Gasteiger partial charge on any atom is -0.495 e. The molecule has 0 atom stereocenters. The van der Waals surface area contributed by atoms with E-state index in [9.17, 15) is 9.59 Å². The Kier molecular flexibility index (Phi) is 12.5. The van der Waals surface area contributed by atoms with Crippen molar-refractivity contribution in [1.82, 2.24) is 10.2 Å². The Morgan fingerprint density at radius 1 is 0.818 bits per heavy atom. The van der Waals surface area contributed by atoms with E-state index in [-0.39, 0.29) is 11.8 Å². The largest absolute Gasteiger partial charge is 0.495 e. The first-order valence-corrected chi connectivity index (χ1v) is 16.1. The first-order valence-electron chi connectivity index (χ1n) is 16.1. The number of carbonyl (C=O) groups excluding carboxylic acids is 2. The molecule has 0 aromatic heterocycles. The number of methoxy groups -OCH3 is 1. The molecule has 0 aliphatic carbocycles. The van der Waals surface area contributed by atoms with Crippen LogP contribution in [0.15, 0.2) is 66.7 Å². The molecule has 2 amide bonds. The van der Waals surface area contributed by atoms with E-state index in [1.165, 1.54) is 18.4 Å². The molecule has 8 heteroatoms. The standard InChI is InChI=1S/C36H49N5O3/c1-5-8-9-12-28-15-17-29(18-16-28)35(42)38-30-19-20-32(31(27-30)36(43)37-21-22-39(6-2)7-3)40-23-25-41(26-24-40)33-13-10-11-14-34(33)44-4/h10-11,13-20,27H,5-9,12,21-26H2,1-4H3,(H,37,43)(H,38,42). The second kappa shape index (κ2) is 16.7. The quantitative estimate of drug-likeness (QED) is 0.206. The number of benzene rings is 3. The number of likely N-dealkylation sites (N-methyl/N-ethyl adjacent to an activating group) is 1. The molecule has 2 N–H and O–H groups in total. The zero-order valence-electron chi connectivity index (χ0n) is 26.9. The van der Waals surface area contributed by atoms with E-state index in [1.807, 2.05) is 60.7 Å². The highest BCUT2D eigenvalue weighted by Gasteiger charge is 2.24. The smallest absolute Gasteiger partial charge is 0.255 e. The van der Waals surface area contributed by atoms with Gasteiger partial charge >= 0.3 is 0 Å². The van der Waals surface area contributed by atoms with Crippen LogP contribution in [0.2, 0.25) is 0 Å². The molecule has 0 spiro atoms. The van der Waals surface area contributed by atoms with Gasteiger partial charge in [0.15, 0.2) is 0 Å². The summed E-state index contributed by atoms with van der Waals surface area (Å²) in [6, 6.07) is 21.6. The van der Waals surface area contributed by atoms with Crippen molar-refractivity contribution in [2.24, 2.45) is 0 Å². The minimum atomic E-state index is -0.184. The Bertz CT molecular complexity index is 1350. The number of unbranched alkanes of at least 4 members (excludes halogenated alkanes) is 2. The monoisotopic (exact) mass is 599 g/mol. The van der Waals surface area contributed by atoms with Crippen LogP contribution >= 0.6 is 0 Å². The molecule has 3 aromatic carbocycles. The highest BCUT2D eigenvalue weighted by Crippen LogP contribution is 2.31. The van der Waals surface area contributed by atoms with Crippen molar-refractivity contribution < 1.29 is 14.3 Å². The van der Waals surface area contributed by atoms with Gasteiger partial charge in [0, 0.05) is 56.2 Å². The number of carbonyl (C=O) groups is 2. The molecule has 3 aromatic rings. The van der Waals surface area contributed by atoms with Gasteiger partial charge in [-0.3, -0.25) is 9.59 Å². The number of nitrogens with one attached hydrogen (secondary N) is 2. The lowest BCUT2D eigenvalue weighted by atomic mass is 10.0. The number of piperazine rings is 1. The fourth-order valence-corrected chi connectivity index (χ4v) is 5.72. The van der Waals surface area contributed by atoms with Crippen molar-refractivity contribution in [3.63, 3.8) is 0 Å². The fraction of sp³-hybridized carbons (Fsp3) is 0.444. The maximum absolute atomic E-state index is 13.6. The van der Waals surface area contributed by atoms with Crippen LogP contribution in [0.4, 0.5) is 17.1 Å². The third kappa shape index (κ3) is 8.76. The predicted octanol–water partition coefficient (Wildman–Crippen LogP) is 6.08. The third-order valence-electron chi connectivity index (χ3n) is 8.44. The van der Waals surface area contributed by atoms with E-state index < -0.39 is 0 Å². The number of anilines is 3. The summed E-state index contributed by atoms with van der Waals surface area (Å²) in [6.45, 7) is 12.8. The summed E-state index contributed by atoms with van der Waals surface area (Å²) in [5, 5.41) is 6.14. The van der Waals surface area contributed by atoms with Crippen molar-refractivity contribution in [2.45, 2.75) is 46.5 Å². The van der Waals surface area contributed by atoms with Gasteiger partial charge in [0.05, 0.1) is 18.4 Å². The summed E-state index contributed by atoms with van der Waals surface area (Å²) < 4.78 is 5.59. The number of nitrogens with zero attached hydrogens (tertiary/aromatic N) is 3. The molecule has 0 radical (unpaired) electrons. The maximum Gasteiger partial charge on any atom is 0.255 e. The van der Waals surface area contributed by atoms with E-state index in [0.717, 1.165) is 75.8 Å². The van der Waals surface area contributed by atoms with Crippen LogP contribution < -0.4 is 25.2 Å². The summed E-state index contributed by atoms with van der Waals surface area (Å²) in [5.74, 6) is 0.545. The number of amides is 2. The molecule has 8 nitrogen and oxygen atoms in total. The summed E-state index contributed by atoms with van der Waals surface area (Å²) in [5.41, 5.74) is 4.97. The number of hydrogen-bond acceptors (Lipinski definition) is 6. The number of hydrogen-bond donors (Lipinski definition) is 2. The molecular formula is C36H49N5O3. The Hall–Kier alpha value is -4.04. The van der Waals surface area contributed by atoms with E-state index in [0.29, 0.717) is 23.4 Å². The van der Waals surface area contributed by atoms with Crippen molar-refractivity contribution in [3.05, 3.63) is 83.4 Å². The van der Waals surface area contributed by atoms with Crippen molar-refractivity contribution in [1.29, 1.82) is 0 Å². The van der Waals surface area contributed by atoms with Crippen LogP contribution in [0.1, 0.15) is 66.3 Å². The molecule has 0 bridgehead atoms. The van der Waals surface area contributed by atoms with Crippen molar-refractivity contribution in [3.8, 4) is 5.75 Å². The van der Waals surface area contributed by atoms with Gasteiger partial charge < -0.3 is 30.1 Å². The second-order valence-corrected chi connectivity index (χ2v) is 11.3. The van der Waals surface area contributed by atoms with Gasteiger partial charge in [-0.2, -0.15) is 0 Å². The molecule has 1 fully saturated rings. The van der Waals surface area contributed by atoms with Crippen LogP contribution in [-0.4, -0.2) is 76.2 Å². The highest BCUT2D eigenvalue weighted by atomic mass is 16.5. The van der Waals surface area contributed by atoms with Gasteiger partial charge in [-0.25, -0.2) is 0 Å². The predicted molar refractivity (Wildman–Crippen MR) is 182 cm³/mol. The summed E-state index contributed by atoms with van der Waals surface area (Å²) in [7, 11) is 1.70. The number of ether oxygens (including phenoxy) is 1. The van der Waals surface area contributed by atoms with Gasteiger partial charge in [-0.15, -0.1) is 0 Å². The lowest BCUT2D eigenvalue weighted by Gasteiger charge is -2.38. The molecule has 1 aliphatic rings. The Balaban J connectivity index is 1.49. The van der Waals surface area contributed by atoms with Gasteiger partial charge in [0.1, 0.15) is 5.75 Å². The topological polar surface area (TPSA) is 77.1 Å². The number of aryl methyl sites for hydroxylation is 1. The molecule has 1 aliphatic heterocycles. The number of rotatable bonds is 15. The van der Waals surface area contributed by atoms with Gasteiger partial charge in [0.25, 0.3) is 11.8 Å². The molecule has 0 saturated carbocycles. The lowest BCUT2D eigenvalue weighted by molar-refractivity contribution is 0.0948. The van der Waals surface area contributed by atoms with Crippen LogP contribution in [0.5, 0.6) is 5.75 Å². The molecule has 1 heterocycles. The average molecular weight is 600 g/mol. The fourth-order valence-electron chi connectivity index (χ4n) is 5.72. The SMILES string of the molecule is CCCCCc1ccc(C(=O)Nc2ccc(N3CCN(c4ccccc4OC)CC3)c(C(=O)NCCN(CC)CC)c2)cc1. The van der Waals surface area contributed by atoms with Crippen LogP contribution in [0.25, 0.3) is 0 Å². The van der Waals surface area contributed by atoms with E-state index in [2.05, 4.69) is 52.2 Å². The van der Waals surface area contributed by atoms with E-state index in [4.69, 9.17) is 4.74 Å². The normalized spacial score (nSPS) is 13.2. The first kappa shape index (κ1) is 32.9. The van der Waals surface area contributed by atoms with Gasteiger partial charge in [0.2, 0.25) is 0 Å². The molecule has 1 saturated heterocycles. The molecule has 4 rings (SSSR count). The highest BCUT2D eigenvalue weighted by molar-refractivity contribution is 6.06. The Morgan fingerprint density at radius 3 is 2.16 bits per heavy atom. The summed E-state index contributed by atoms with van der Waals surface area (Å²) >= 11 is 0.